The van der Waals surface area contributed by atoms with Crippen LogP contribution in [0.2, 0.25) is 0 Å². The summed E-state index contributed by atoms with van der Waals surface area (Å²) in [5.74, 6) is 0.802. The average molecular weight is 251 g/mol. The van der Waals surface area contributed by atoms with Crippen LogP contribution in [0.15, 0.2) is 12.4 Å². The molecule has 2 aromatic rings. The van der Waals surface area contributed by atoms with Crippen molar-refractivity contribution in [3.8, 4) is 0 Å². The van der Waals surface area contributed by atoms with Gasteiger partial charge in [0.1, 0.15) is 0 Å². The van der Waals surface area contributed by atoms with Crippen molar-refractivity contribution in [2.24, 2.45) is 5.73 Å². The monoisotopic (exact) mass is 251 g/mol. The highest BCUT2D eigenvalue weighted by Gasteiger charge is 2.15. The van der Waals surface area contributed by atoms with Gasteiger partial charge >= 0.3 is 0 Å². The van der Waals surface area contributed by atoms with Gasteiger partial charge in [-0.05, 0) is 17.4 Å². The molecule has 2 heterocycles. The van der Waals surface area contributed by atoms with E-state index in [1.54, 1.807) is 16.9 Å². The van der Waals surface area contributed by atoms with E-state index in [0.29, 0.717) is 17.1 Å². The molecule has 0 aliphatic heterocycles. The third-order valence-electron chi connectivity index (χ3n) is 2.61. The topological polar surface area (TPSA) is 85.2 Å². The van der Waals surface area contributed by atoms with Crippen molar-refractivity contribution < 1.29 is 0 Å². The lowest BCUT2D eigenvalue weighted by Gasteiger charge is -2.25. The van der Waals surface area contributed by atoms with E-state index >= 15 is 0 Å². The van der Waals surface area contributed by atoms with E-state index in [1.807, 2.05) is 18.9 Å². The smallest absolute Gasteiger partial charge is 0.199 e. The normalized spacial score (nSPS) is 12.6. The fourth-order valence-electron chi connectivity index (χ4n) is 1.56. The Morgan fingerprint density at radius 3 is 3.06 bits per heavy atom. The van der Waals surface area contributed by atoms with Gasteiger partial charge in [-0.15, -0.1) is 5.10 Å². The molecule has 0 aliphatic rings. The lowest BCUT2D eigenvalue weighted by molar-refractivity contribution is 0.682. The van der Waals surface area contributed by atoms with Crippen molar-refractivity contribution in [1.82, 2.24) is 25.0 Å². The van der Waals surface area contributed by atoms with E-state index in [4.69, 9.17) is 18.0 Å². The Balaban J connectivity index is 2.32. The predicted molar refractivity (Wildman–Crippen MR) is 67.8 cm³/mol. The van der Waals surface area contributed by atoms with Crippen molar-refractivity contribution >= 4 is 28.7 Å². The number of thiocarbonyl (C=S) groups is 1. The van der Waals surface area contributed by atoms with Crippen LogP contribution in [0.3, 0.4) is 0 Å². The third-order valence-corrected chi connectivity index (χ3v) is 2.78. The van der Waals surface area contributed by atoms with Crippen LogP contribution in [0.5, 0.6) is 0 Å². The van der Waals surface area contributed by atoms with E-state index in [0.717, 1.165) is 5.82 Å². The highest BCUT2D eigenvalue weighted by atomic mass is 32.1. The standard InChI is InChI=1S/C9H13N7S/c1-6(3-7(10)17)15(2)9-5-11-4-8-12-13-14-16(8)9/h4-6H,3H2,1-2H3,(H2,10,17). The molecular weight excluding hydrogens is 238 g/mol. The van der Waals surface area contributed by atoms with Crippen LogP contribution in [0.1, 0.15) is 13.3 Å². The van der Waals surface area contributed by atoms with E-state index < -0.39 is 0 Å². The molecule has 1 unspecified atom stereocenters. The quantitative estimate of drug-likeness (QED) is 0.767. The van der Waals surface area contributed by atoms with Crippen LogP contribution in [0.4, 0.5) is 5.82 Å². The number of nitrogens with zero attached hydrogens (tertiary/aromatic N) is 6. The SMILES string of the molecule is CC(CC(N)=S)N(C)c1cncc2nnnn12. The fourth-order valence-corrected chi connectivity index (χ4v) is 1.80. The Labute approximate surface area is 104 Å². The van der Waals surface area contributed by atoms with E-state index in [-0.39, 0.29) is 6.04 Å². The van der Waals surface area contributed by atoms with Crippen molar-refractivity contribution in [3.05, 3.63) is 12.4 Å². The first kappa shape index (κ1) is 11.6. The molecule has 17 heavy (non-hydrogen) atoms. The summed E-state index contributed by atoms with van der Waals surface area (Å²) < 4.78 is 1.63. The van der Waals surface area contributed by atoms with Crippen LogP contribution >= 0.6 is 12.2 Å². The lowest BCUT2D eigenvalue weighted by Crippen LogP contribution is -2.33. The van der Waals surface area contributed by atoms with Crippen LogP contribution in [-0.2, 0) is 0 Å². The Morgan fingerprint density at radius 2 is 2.35 bits per heavy atom. The van der Waals surface area contributed by atoms with E-state index in [1.165, 1.54) is 0 Å². The van der Waals surface area contributed by atoms with E-state index in [2.05, 4.69) is 20.5 Å². The minimum atomic E-state index is 0.157. The summed E-state index contributed by atoms with van der Waals surface area (Å²) in [5, 5.41) is 11.4. The molecule has 0 aromatic carbocycles. The lowest BCUT2D eigenvalue weighted by atomic mass is 10.2. The van der Waals surface area contributed by atoms with Crippen molar-refractivity contribution in [3.63, 3.8) is 0 Å². The Kier molecular flexibility index (Phi) is 3.14. The van der Waals surface area contributed by atoms with Gasteiger partial charge in [0, 0.05) is 19.5 Å². The molecular formula is C9H13N7S. The van der Waals surface area contributed by atoms with Gasteiger partial charge < -0.3 is 10.6 Å². The summed E-state index contributed by atoms with van der Waals surface area (Å²) in [6, 6.07) is 0.157. The third kappa shape index (κ3) is 2.31. The molecule has 7 nitrogen and oxygen atoms in total. The largest absolute Gasteiger partial charge is 0.393 e. The van der Waals surface area contributed by atoms with Gasteiger partial charge in [-0.25, -0.2) is 0 Å². The van der Waals surface area contributed by atoms with Gasteiger partial charge in [-0.3, -0.25) is 4.98 Å². The molecule has 1 atom stereocenters. The number of aromatic nitrogens is 5. The van der Waals surface area contributed by atoms with Gasteiger partial charge in [0.25, 0.3) is 0 Å². The Hall–Kier alpha value is -1.83. The molecule has 2 N–H and O–H groups in total. The van der Waals surface area contributed by atoms with Gasteiger partial charge in [-0.1, -0.05) is 12.2 Å². The minimum Gasteiger partial charge on any atom is -0.393 e. The molecule has 0 bridgehead atoms. The zero-order valence-electron chi connectivity index (χ0n) is 9.61. The van der Waals surface area contributed by atoms with Crippen LogP contribution < -0.4 is 10.6 Å². The summed E-state index contributed by atoms with van der Waals surface area (Å²) in [6.07, 6.45) is 3.94. The molecule has 0 amide bonds. The second-order valence-corrected chi connectivity index (χ2v) is 4.37. The maximum atomic E-state index is 5.54. The fraction of sp³-hybridized carbons (Fsp3) is 0.444. The maximum absolute atomic E-state index is 5.54. The van der Waals surface area contributed by atoms with Crippen molar-refractivity contribution in [1.29, 1.82) is 0 Å². The molecule has 0 saturated heterocycles. The van der Waals surface area contributed by atoms with Crippen molar-refractivity contribution in [2.45, 2.75) is 19.4 Å². The maximum Gasteiger partial charge on any atom is 0.199 e. The van der Waals surface area contributed by atoms with Gasteiger partial charge in [-0.2, -0.15) is 4.52 Å². The Morgan fingerprint density at radius 1 is 1.59 bits per heavy atom. The number of hydrogen-bond donors (Lipinski definition) is 1. The van der Waals surface area contributed by atoms with Crippen LogP contribution in [0.25, 0.3) is 5.65 Å². The first-order valence-corrected chi connectivity index (χ1v) is 5.53. The molecule has 2 rings (SSSR count). The van der Waals surface area contributed by atoms with Gasteiger partial charge in [0.05, 0.1) is 17.4 Å². The summed E-state index contributed by atoms with van der Waals surface area (Å²) in [4.78, 5) is 6.58. The molecule has 0 saturated carbocycles. The number of fused-ring (bicyclic) bond motifs is 1. The predicted octanol–water partition coefficient (Wildman–Crippen LogP) is 0.0202. The highest BCUT2D eigenvalue weighted by Crippen LogP contribution is 2.15. The molecule has 8 heteroatoms. The number of tetrazole rings is 1. The molecule has 2 aromatic heterocycles. The second kappa shape index (κ2) is 4.58. The summed E-state index contributed by atoms with van der Waals surface area (Å²) in [5.41, 5.74) is 6.15. The first-order chi connectivity index (χ1) is 8.09. The zero-order valence-corrected chi connectivity index (χ0v) is 10.4. The second-order valence-electron chi connectivity index (χ2n) is 3.84. The first-order valence-electron chi connectivity index (χ1n) is 5.13. The molecule has 0 spiro atoms. The van der Waals surface area contributed by atoms with Crippen LogP contribution in [0, 0.1) is 0 Å². The number of rotatable bonds is 4. The number of nitrogens with two attached hydrogens (primary N) is 1. The minimum absolute atomic E-state index is 0.157. The summed E-state index contributed by atoms with van der Waals surface area (Å²) in [7, 11) is 1.93. The highest BCUT2D eigenvalue weighted by molar-refractivity contribution is 7.80. The van der Waals surface area contributed by atoms with E-state index in [9.17, 15) is 0 Å². The van der Waals surface area contributed by atoms with Crippen LogP contribution in [-0.4, -0.2) is 43.1 Å². The van der Waals surface area contributed by atoms with Gasteiger partial charge in [0.15, 0.2) is 11.5 Å². The zero-order chi connectivity index (χ0) is 12.4. The number of hydrogen-bond acceptors (Lipinski definition) is 6. The molecule has 0 fully saturated rings. The molecule has 0 radical (unpaired) electrons. The summed E-state index contributed by atoms with van der Waals surface area (Å²) in [6.45, 7) is 2.03. The Bertz CT molecular complexity index is 537. The molecule has 0 aliphatic carbocycles. The van der Waals surface area contributed by atoms with Gasteiger partial charge in [0.2, 0.25) is 0 Å². The number of anilines is 1. The van der Waals surface area contributed by atoms with Crippen molar-refractivity contribution in [2.75, 3.05) is 11.9 Å². The average Bonchev–Trinajstić information content (AvgIpc) is 2.74. The summed E-state index contributed by atoms with van der Waals surface area (Å²) >= 11 is 4.91. The molecule has 90 valence electrons.